The van der Waals surface area contributed by atoms with Crippen molar-refractivity contribution in [3.05, 3.63) is 35.9 Å². The zero-order valence-corrected chi connectivity index (χ0v) is 16.5. The van der Waals surface area contributed by atoms with Gasteiger partial charge in [-0.05, 0) is 38.0 Å². The summed E-state index contributed by atoms with van der Waals surface area (Å²) in [5, 5.41) is 10.2. The Morgan fingerprint density at radius 3 is 2.08 bits per heavy atom. The molecule has 0 aliphatic rings. The molecule has 142 valence electrons. The number of nitrogens with zero attached hydrogens (tertiary/aromatic N) is 1. The number of hydrogen-bond acceptors (Lipinski definition) is 2. The highest BCUT2D eigenvalue weighted by atomic mass is 16.4. The second-order valence-electron chi connectivity index (χ2n) is 7.05. The molecule has 0 radical (unpaired) electrons. The summed E-state index contributed by atoms with van der Waals surface area (Å²) in [7, 11) is 0. The number of aliphatic carboxylic acids is 1. The van der Waals surface area contributed by atoms with Crippen LogP contribution in [0.25, 0.3) is 0 Å². The smallest absolute Gasteiger partial charge is 0.314 e. The third kappa shape index (κ3) is 6.81. The molecule has 0 aliphatic carbocycles. The molecule has 1 atom stereocenters. The van der Waals surface area contributed by atoms with E-state index in [9.17, 15) is 9.90 Å². The van der Waals surface area contributed by atoms with Gasteiger partial charge in [0.1, 0.15) is 0 Å². The quantitative estimate of drug-likeness (QED) is 0.452. The molecule has 0 saturated heterocycles. The van der Waals surface area contributed by atoms with Crippen LogP contribution < -0.4 is 0 Å². The molecule has 0 aromatic heterocycles. The van der Waals surface area contributed by atoms with Crippen LogP contribution in [0.2, 0.25) is 0 Å². The minimum Gasteiger partial charge on any atom is -0.481 e. The van der Waals surface area contributed by atoms with Crippen LogP contribution >= 0.6 is 0 Å². The average Bonchev–Trinajstić information content (AvgIpc) is 2.64. The number of carboxylic acid groups (broad SMARTS) is 1. The number of rotatable bonds is 14. The number of carbonyl (C=O) groups is 1. The third-order valence-corrected chi connectivity index (χ3v) is 5.44. The molecule has 0 saturated carbocycles. The van der Waals surface area contributed by atoms with Crippen molar-refractivity contribution in [2.75, 3.05) is 19.6 Å². The molecule has 1 aromatic rings. The molecule has 0 amide bonds. The van der Waals surface area contributed by atoms with E-state index >= 15 is 0 Å². The fourth-order valence-electron chi connectivity index (χ4n) is 3.60. The zero-order chi connectivity index (χ0) is 18.5. The predicted molar refractivity (Wildman–Crippen MR) is 106 cm³/mol. The maximum Gasteiger partial charge on any atom is 0.314 e. The van der Waals surface area contributed by atoms with Crippen molar-refractivity contribution in [1.29, 1.82) is 0 Å². The van der Waals surface area contributed by atoms with E-state index < -0.39 is 11.4 Å². The van der Waals surface area contributed by atoms with Crippen LogP contribution in [0.1, 0.15) is 77.7 Å². The van der Waals surface area contributed by atoms with Crippen molar-refractivity contribution in [1.82, 2.24) is 4.90 Å². The first kappa shape index (κ1) is 21.7. The highest BCUT2D eigenvalue weighted by molar-refractivity contribution is 5.81. The van der Waals surface area contributed by atoms with Gasteiger partial charge in [0.2, 0.25) is 0 Å². The van der Waals surface area contributed by atoms with Gasteiger partial charge in [0.15, 0.2) is 0 Å². The van der Waals surface area contributed by atoms with Crippen molar-refractivity contribution in [2.24, 2.45) is 0 Å². The molecule has 1 rings (SSSR count). The molecule has 0 unspecified atom stereocenters. The number of carboxylic acids is 1. The maximum absolute atomic E-state index is 12.4. The minimum atomic E-state index is -0.755. The van der Waals surface area contributed by atoms with Crippen LogP contribution in [0.5, 0.6) is 0 Å². The Balaban J connectivity index is 2.84. The van der Waals surface area contributed by atoms with Crippen molar-refractivity contribution >= 4 is 5.97 Å². The Kier molecular flexibility index (Phi) is 10.5. The molecular weight excluding hydrogens is 310 g/mol. The van der Waals surface area contributed by atoms with Gasteiger partial charge in [-0.1, -0.05) is 89.6 Å². The van der Waals surface area contributed by atoms with E-state index in [2.05, 4.69) is 25.7 Å². The highest BCUT2D eigenvalue weighted by Crippen LogP contribution is 2.35. The summed E-state index contributed by atoms with van der Waals surface area (Å²) in [5.41, 5.74) is 0.206. The summed E-state index contributed by atoms with van der Waals surface area (Å²) in [6, 6.07) is 9.88. The maximum atomic E-state index is 12.4. The van der Waals surface area contributed by atoms with E-state index in [1.807, 2.05) is 30.3 Å². The first-order valence-electron chi connectivity index (χ1n) is 10.1. The average molecular weight is 348 g/mol. The first-order chi connectivity index (χ1) is 12.1. The molecule has 0 bridgehead atoms. The predicted octanol–water partition coefficient (Wildman–Crippen LogP) is 5.49. The van der Waals surface area contributed by atoms with Gasteiger partial charge in [-0.15, -0.1) is 0 Å². The van der Waals surface area contributed by atoms with E-state index in [1.54, 1.807) is 0 Å². The van der Waals surface area contributed by atoms with Crippen LogP contribution in [0.4, 0.5) is 0 Å². The van der Waals surface area contributed by atoms with Crippen molar-refractivity contribution in [3.63, 3.8) is 0 Å². The van der Waals surface area contributed by atoms with Crippen LogP contribution in [-0.4, -0.2) is 35.6 Å². The lowest BCUT2D eigenvalue weighted by molar-refractivity contribution is -0.144. The van der Waals surface area contributed by atoms with E-state index in [0.717, 1.165) is 44.5 Å². The lowest BCUT2D eigenvalue weighted by atomic mass is 9.73. The largest absolute Gasteiger partial charge is 0.481 e. The van der Waals surface area contributed by atoms with Gasteiger partial charge in [-0.25, -0.2) is 0 Å². The lowest BCUT2D eigenvalue weighted by Crippen LogP contribution is -2.40. The van der Waals surface area contributed by atoms with Crippen LogP contribution in [0, 0.1) is 0 Å². The summed E-state index contributed by atoms with van der Waals surface area (Å²) in [4.78, 5) is 14.7. The van der Waals surface area contributed by atoms with E-state index in [1.165, 1.54) is 25.7 Å². The minimum absolute atomic E-state index is 0.667. The van der Waals surface area contributed by atoms with Crippen molar-refractivity contribution < 1.29 is 9.90 Å². The summed E-state index contributed by atoms with van der Waals surface area (Å²) >= 11 is 0. The van der Waals surface area contributed by atoms with Gasteiger partial charge in [-0.2, -0.15) is 0 Å². The lowest BCUT2D eigenvalue weighted by Gasteiger charge is -2.32. The molecule has 0 heterocycles. The summed E-state index contributed by atoms with van der Waals surface area (Å²) in [6.45, 7) is 9.28. The summed E-state index contributed by atoms with van der Waals surface area (Å²) in [6.07, 6.45) is 8.55. The van der Waals surface area contributed by atoms with Gasteiger partial charge in [0.05, 0.1) is 5.41 Å². The first-order valence-corrected chi connectivity index (χ1v) is 10.1. The van der Waals surface area contributed by atoms with Gasteiger partial charge in [0.25, 0.3) is 0 Å². The fourth-order valence-corrected chi connectivity index (χ4v) is 3.60. The number of unbranched alkanes of at least 4 members (excludes halogenated alkanes) is 5. The molecular formula is C22H37NO2. The number of hydrogen-bond donors (Lipinski definition) is 1. The van der Waals surface area contributed by atoms with Gasteiger partial charge >= 0.3 is 5.97 Å². The topological polar surface area (TPSA) is 40.5 Å². The molecule has 3 nitrogen and oxygen atoms in total. The Morgan fingerprint density at radius 1 is 0.920 bits per heavy atom. The van der Waals surface area contributed by atoms with E-state index in [4.69, 9.17) is 0 Å². The Morgan fingerprint density at radius 2 is 1.52 bits per heavy atom. The molecule has 1 N–H and O–H groups in total. The Hall–Kier alpha value is -1.35. The second kappa shape index (κ2) is 12.1. The molecule has 0 spiro atoms. The second-order valence-corrected chi connectivity index (χ2v) is 7.05. The third-order valence-electron chi connectivity index (χ3n) is 5.44. The molecule has 0 aliphatic heterocycles. The Bertz CT molecular complexity index is 470. The van der Waals surface area contributed by atoms with Crippen molar-refractivity contribution in [3.8, 4) is 0 Å². The molecule has 1 aromatic carbocycles. The molecule has 0 fully saturated rings. The van der Waals surface area contributed by atoms with Gasteiger partial charge < -0.3 is 10.0 Å². The molecule has 3 heteroatoms. The zero-order valence-electron chi connectivity index (χ0n) is 16.5. The van der Waals surface area contributed by atoms with E-state index in [-0.39, 0.29) is 0 Å². The van der Waals surface area contributed by atoms with Crippen LogP contribution in [-0.2, 0) is 10.2 Å². The van der Waals surface area contributed by atoms with E-state index in [0.29, 0.717) is 6.42 Å². The number of benzene rings is 1. The standard InChI is InChI=1S/C22H37NO2/c1-4-7-8-9-10-14-17-22(21(24)25,18-19-23(5-2)6-3)20-15-12-11-13-16-20/h11-13,15-16H,4-10,14,17-19H2,1-3H3,(H,24,25)/t22-/m1/s1. The summed E-state index contributed by atoms with van der Waals surface area (Å²) < 4.78 is 0. The fraction of sp³-hybridized carbons (Fsp3) is 0.682. The molecule has 25 heavy (non-hydrogen) atoms. The van der Waals surface area contributed by atoms with Crippen LogP contribution in [0.15, 0.2) is 30.3 Å². The Labute approximate surface area is 154 Å². The van der Waals surface area contributed by atoms with Crippen LogP contribution in [0.3, 0.4) is 0 Å². The van der Waals surface area contributed by atoms with Crippen molar-refractivity contribution in [2.45, 2.75) is 77.6 Å². The normalized spacial score (nSPS) is 13.8. The van der Waals surface area contributed by atoms with Gasteiger partial charge in [0, 0.05) is 0 Å². The highest BCUT2D eigenvalue weighted by Gasteiger charge is 2.39. The summed E-state index contributed by atoms with van der Waals surface area (Å²) in [5.74, 6) is -0.667. The van der Waals surface area contributed by atoms with Gasteiger partial charge in [-0.3, -0.25) is 4.79 Å². The monoisotopic (exact) mass is 347 g/mol. The SMILES string of the molecule is CCCCCCCC[C@](CCN(CC)CC)(C(=O)O)c1ccccc1.